The Hall–Kier alpha value is -0.510. The molecule has 1 rings (SSSR count). The zero-order valence-electron chi connectivity index (χ0n) is 6.11. The Kier molecular flexibility index (Phi) is 2.23. The lowest BCUT2D eigenvalue weighted by molar-refractivity contribution is -0.0359. The zero-order chi connectivity index (χ0) is 8.48. The molecule has 11 heavy (non-hydrogen) atoms. The van der Waals surface area contributed by atoms with Gasteiger partial charge in [0.15, 0.2) is 0 Å². The zero-order valence-corrected chi connectivity index (χ0v) is 6.11. The van der Waals surface area contributed by atoms with Gasteiger partial charge in [-0.05, 0) is 6.42 Å². The van der Waals surface area contributed by atoms with E-state index in [-0.39, 0.29) is 31.6 Å². The summed E-state index contributed by atoms with van der Waals surface area (Å²) in [4.78, 5) is 0. The SMILES string of the molecule is N=C1CCC(F)(F)CC1CO. The molecule has 2 N–H and O–H groups in total. The third-order valence-corrected chi connectivity index (χ3v) is 2.02. The van der Waals surface area contributed by atoms with E-state index in [9.17, 15) is 8.78 Å². The van der Waals surface area contributed by atoms with Gasteiger partial charge in [-0.1, -0.05) is 0 Å². The molecule has 0 aromatic heterocycles. The molecule has 1 fully saturated rings. The Balaban J connectivity index is 2.58. The van der Waals surface area contributed by atoms with Gasteiger partial charge < -0.3 is 10.5 Å². The minimum absolute atomic E-state index is 0.123. The van der Waals surface area contributed by atoms with Gasteiger partial charge in [0.1, 0.15) is 0 Å². The standard InChI is InChI=1S/C7H11F2NO/c8-7(9)2-1-6(10)5(3-7)4-11/h5,10-11H,1-4H2. The molecule has 0 aromatic carbocycles. The molecule has 0 bridgehead atoms. The molecule has 1 saturated carbocycles. The molecule has 0 heterocycles. The van der Waals surface area contributed by atoms with Crippen molar-refractivity contribution < 1.29 is 13.9 Å². The van der Waals surface area contributed by atoms with Crippen LogP contribution in [0.5, 0.6) is 0 Å². The second kappa shape index (κ2) is 2.85. The van der Waals surface area contributed by atoms with E-state index in [0.717, 1.165) is 0 Å². The average molecular weight is 163 g/mol. The van der Waals surface area contributed by atoms with Crippen LogP contribution in [0.25, 0.3) is 0 Å². The maximum absolute atomic E-state index is 12.6. The van der Waals surface area contributed by atoms with Crippen molar-refractivity contribution in [3.05, 3.63) is 0 Å². The molecule has 0 amide bonds. The predicted molar refractivity (Wildman–Crippen MR) is 37.1 cm³/mol. The molecule has 1 unspecified atom stereocenters. The summed E-state index contributed by atoms with van der Waals surface area (Å²) in [5.74, 6) is -3.28. The highest BCUT2D eigenvalue weighted by Crippen LogP contribution is 2.34. The lowest BCUT2D eigenvalue weighted by Crippen LogP contribution is -2.34. The Labute approximate surface area is 63.7 Å². The summed E-state index contributed by atoms with van der Waals surface area (Å²) < 4.78 is 25.2. The molecule has 0 aromatic rings. The normalized spacial score (nSPS) is 30.5. The number of hydrogen-bond donors (Lipinski definition) is 2. The molecule has 1 aliphatic carbocycles. The van der Waals surface area contributed by atoms with E-state index in [1.54, 1.807) is 0 Å². The van der Waals surface area contributed by atoms with Gasteiger partial charge in [-0.2, -0.15) is 0 Å². The van der Waals surface area contributed by atoms with Crippen LogP contribution in [0.15, 0.2) is 0 Å². The highest BCUT2D eigenvalue weighted by molar-refractivity contribution is 5.84. The second-order valence-electron chi connectivity index (χ2n) is 2.96. The Morgan fingerprint density at radius 2 is 2.27 bits per heavy atom. The van der Waals surface area contributed by atoms with Crippen LogP contribution in [0, 0.1) is 11.3 Å². The third kappa shape index (κ3) is 1.96. The Morgan fingerprint density at radius 3 is 2.73 bits per heavy atom. The van der Waals surface area contributed by atoms with Gasteiger partial charge >= 0.3 is 0 Å². The van der Waals surface area contributed by atoms with Crippen molar-refractivity contribution >= 4 is 5.71 Å². The van der Waals surface area contributed by atoms with Crippen LogP contribution in [-0.2, 0) is 0 Å². The highest BCUT2D eigenvalue weighted by Gasteiger charge is 2.38. The number of hydrogen-bond acceptors (Lipinski definition) is 2. The molecule has 64 valence electrons. The Morgan fingerprint density at radius 1 is 1.64 bits per heavy atom. The van der Waals surface area contributed by atoms with Gasteiger partial charge in [-0.3, -0.25) is 0 Å². The fourth-order valence-electron chi connectivity index (χ4n) is 1.28. The quantitative estimate of drug-likeness (QED) is 0.603. The summed E-state index contributed by atoms with van der Waals surface area (Å²) in [5, 5.41) is 15.8. The van der Waals surface area contributed by atoms with Crippen LogP contribution in [0.2, 0.25) is 0 Å². The van der Waals surface area contributed by atoms with Gasteiger partial charge in [0, 0.05) is 24.5 Å². The number of nitrogens with one attached hydrogen (secondary N) is 1. The first-order valence-electron chi connectivity index (χ1n) is 3.61. The van der Waals surface area contributed by atoms with Crippen LogP contribution < -0.4 is 0 Å². The minimum Gasteiger partial charge on any atom is -0.396 e. The van der Waals surface area contributed by atoms with E-state index in [2.05, 4.69) is 0 Å². The summed E-state index contributed by atoms with van der Waals surface area (Å²) >= 11 is 0. The van der Waals surface area contributed by atoms with Crippen molar-refractivity contribution in [2.75, 3.05) is 6.61 Å². The lowest BCUT2D eigenvalue weighted by atomic mass is 9.85. The first kappa shape index (κ1) is 8.59. The van der Waals surface area contributed by atoms with Gasteiger partial charge in [-0.15, -0.1) is 0 Å². The molecule has 0 spiro atoms. The van der Waals surface area contributed by atoms with E-state index in [1.165, 1.54) is 0 Å². The first-order valence-corrected chi connectivity index (χ1v) is 3.61. The summed E-state index contributed by atoms with van der Waals surface area (Å²) in [5.41, 5.74) is 0.262. The summed E-state index contributed by atoms with van der Waals surface area (Å²) in [7, 11) is 0. The number of rotatable bonds is 1. The van der Waals surface area contributed by atoms with Crippen molar-refractivity contribution in [2.24, 2.45) is 5.92 Å². The van der Waals surface area contributed by atoms with Crippen molar-refractivity contribution in [3.8, 4) is 0 Å². The summed E-state index contributed by atoms with van der Waals surface area (Å²) in [6.07, 6.45) is -0.469. The number of halogens is 2. The first-order chi connectivity index (χ1) is 5.05. The molecular weight excluding hydrogens is 152 g/mol. The van der Waals surface area contributed by atoms with Crippen molar-refractivity contribution in [3.63, 3.8) is 0 Å². The fourth-order valence-corrected chi connectivity index (χ4v) is 1.28. The molecule has 2 nitrogen and oxygen atoms in total. The molecule has 1 atom stereocenters. The van der Waals surface area contributed by atoms with E-state index < -0.39 is 11.8 Å². The van der Waals surface area contributed by atoms with Crippen molar-refractivity contribution in [2.45, 2.75) is 25.2 Å². The monoisotopic (exact) mass is 163 g/mol. The maximum Gasteiger partial charge on any atom is 0.249 e. The minimum atomic E-state index is -2.67. The maximum atomic E-state index is 12.6. The van der Waals surface area contributed by atoms with Crippen LogP contribution in [0.4, 0.5) is 8.78 Å². The molecule has 4 heteroatoms. The van der Waals surface area contributed by atoms with Crippen LogP contribution >= 0.6 is 0 Å². The lowest BCUT2D eigenvalue weighted by Gasteiger charge is -2.28. The fraction of sp³-hybridized carbons (Fsp3) is 0.857. The highest BCUT2D eigenvalue weighted by atomic mass is 19.3. The van der Waals surface area contributed by atoms with E-state index in [0.29, 0.717) is 0 Å². The van der Waals surface area contributed by atoms with E-state index in [4.69, 9.17) is 10.5 Å². The molecule has 0 saturated heterocycles. The largest absolute Gasteiger partial charge is 0.396 e. The van der Waals surface area contributed by atoms with Gasteiger partial charge in [-0.25, -0.2) is 8.78 Å². The molecule has 0 aliphatic heterocycles. The van der Waals surface area contributed by atoms with Gasteiger partial charge in [0.25, 0.3) is 0 Å². The van der Waals surface area contributed by atoms with Crippen LogP contribution in [0.3, 0.4) is 0 Å². The van der Waals surface area contributed by atoms with Crippen molar-refractivity contribution in [1.29, 1.82) is 5.41 Å². The predicted octanol–water partition coefficient (Wildman–Crippen LogP) is 1.43. The number of aliphatic hydroxyl groups is 1. The molecule has 1 aliphatic rings. The van der Waals surface area contributed by atoms with Gasteiger partial charge in [0.2, 0.25) is 5.92 Å². The van der Waals surface area contributed by atoms with Gasteiger partial charge in [0.05, 0.1) is 6.61 Å². The van der Waals surface area contributed by atoms with E-state index >= 15 is 0 Å². The smallest absolute Gasteiger partial charge is 0.249 e. The second-order valence-corrected chi connectivity index (χ2v) is 2.96. The average Bonchev–Trinajstić information content (AvgIpc) is 1.94. The number of aliphatic hydroxyl groups excluding tert-OH is 1. The van der Waals surface area contributed by atoms with Crippen LogP contribution in [0.1, 0.15) is 19.3 Å². The topological polar surface area (TPSA) is 44.1 Å². The van der Waals surface area contributed by atoms with Crippen LogP contribution in [-0.4, -0.2) is 23.3 Å². The van der Waals surface area contributed by atoms with Crippen molar-refractivity contribution in [1.82, 2.24) is 0 Å². The summed E-state index contributed by atoms with van der Waals surface area (Å²) in [6.45, 7) is -0.325. The summed E-state index contributed by atoms with van der Waals surface area (Å²) in [6, 6.07) is 0. The molecular formula is C7H11F2NO. The number of alkyl halides is 2. The Bertz CT molecular complexity index is 170. The van der Waals surface area contributed by atoms with E-state index in [1.807, 2.05) is 0 Å². The third-order valence-electron chi connectivity index (χ3n) is 2.02. The molecule has 0 radical (unpaired) electrons.